The molecule has 0 saturated heterocycles. The smallest absolute Gasteiger partial charge is 0.270 e. The van der Waals surface area contributed by atoms with Crippen LogP contribution in [-0.2, 0) is 4.79 Å². The van der Waals surface area contributed by atoms with Crippen LogP contribution in [0.5, 0.6) is 0 Å². The minimum Gasteiger partial charge on any atom is -0.324 e. The maximum Gasteiger partial charge on any atom is 0.270 e. The molecule has 3 aromatic carbocycles. The first-order chi connectivity index (χ1) is 17.1. The van der Waals surface area contributed by atoms with Crippen molar-refractivity contribution in [2.75, 3.05) is 10.6 Å². The summed E-state index contributed by atoms with van der Waals surface area (Å²) in [5.41, 5.74) is 3.41. The Morgan fingerprint density at radius 1 is 1.03 bits per heavy atom. The summed E-state index contributed by atoms with van der Waals surface area (Å²) >= 11 is 0. The van der Waals surface area contributed by atoms with Gasteiger partial charge in [-0.25, -0.2) is 4.68 Å². The fourth-order valence-electron chi connectivity index (χ4n) is 3.79. The first-order valence-electron chi connectivity index (χ1n) is 10.9. The Bertz CT molecular complexity index is 1440. The first-order valence-corrected chi connectivity index (χ1v) is 10.9. The van der Waals surface area contributed by atoms with Gasteiger partial charge in [-0.05, 0) is 28.8 Å². The molecule has 4 aromatic rings. The standard InChI is InChI=1S/C26H20N6O3/c33-24(15-14-18-8-7-13-21(16-18)32(34)35)28-25-29-26-27-22(19-9-3-1-4-10-19)17-23(31(26)30-25)20-11-5-2-6-12-20/h1-17,23H,(H2,27,28,29,30,33)/b15-14+/t23-/m1/s1. The van der Waals surface area contributed by atoms with E-state index in [1.54, 1.807) is 16.8 Å². The number of fused-ring (bicyclic) bond motifs is 1. The van der Waals surface area contributed by atoms with Crippen LogP contribution in [0.2, 0.25) is 0 Å². The number of hydrogen-bond donors (Lipinski definition) is 2. The molecule has 0 unspecified atom stereocenters. The Hall–Kier alpha value is -5.05. The molecule has 0 saturated carbocycles. The van der Waals surface area contributed by atoms with Crippen LogP contribution in [0.15, 0.2) is 97.1 Å². The van der Waals surface area contributed by atoms with Crippen molar-refractivity contribution >= 4 is 35.3 Å². The minimum atomic E-state index is -0.481. The van der Waals surface area contributed by atoms with Gasteiger partial charge in [0.25, 0.3) is 17.5 Å². The molecule has 172 valence electrons. The molecule has 0 aliphatic carbocycles. The molecule has 1 aliphatic heterocycles. The van der Waals surface area contributed by atoms with Crippen LogP contribution >= 0.6 is 0 Å². The number of anilines is 2. The van der Waals surface area contributed by atoms with Gasteiger partial charge in [0.1, 0.15) is 6.04 Å². The van der Waals surface area contributed by atoms with Crippen molar-refractivity contribution in [1.29, 1.82) is 0 Å². The molecule has 1 atom stereocenters. The molecule has 9 nitrogen and oxygen atoms in total. The largest absolute Gasteiger partial charge is 0.324 e. The Kier molecular flexibility index (Phi) is 5.87. The third kappa shape index (κ3) is 4.83. The van der Waals surface area contributed by atoms with Crippen molar-refractivity contribution in [3.8, 4) is 0 Å². The van der Waals surface area contributed by atoms with Crippen molar-refractivity contribution in [2.45, 2.75) is 6.04 Å². The van der Waals surface area contributed by atoms with E-state index in [1.165, 1.54) is 24.3 Å². The van der Waals surface area contributed by atoms with E-state index in [0.717, 1.165) is 16.8 Å². The molecule has 0 fully saturated rings. The Morgan fingerprint density at radius 2 is 1.77 bits per heavy atom. The zero-order valence-corrected chi connectivity index (χ0v) is 18.4. The number of non-ortho nitro benzene ring substituents is 1. The zero-order chi connectivity index (χ0) is 24.2. The summed E-state index contributed by atoms with van der Waals surface area (Å²) in [5, 5.41) is 21.4. The van der Waals surface area contributed by atoms with E-state index in [9.17, 15) is 14.9 Å². The summed E-state index contributed by atoms with van der Waals surface area (Å²) in [6.45, 7) is 0. The van der Waals surface area contributed by atoms with E-state index < -0.39 is 10.8 Å². The number of nitrogens with zero attached hydrogens (tertiary/aromatic N) is 4. The second-order valence-electron chi connectivity index (χ2n) is 7.81. The lowest BCUT2D eigenvalue weighted by Gasteiger charge is -2.24. The lowest BCUT2D eigenvalue weighted by molar-refractivity contribution is -0.384. The van der Waals surface area contributed by atoms with E-state index in [-0.39, 0.29) is 17.7 Å². The van der Waals surface area contributed by atoms with E-state index in [0.29, 0.717) is 11.5 Å². The highest BCUT2D eigenvalue weighted by atomic mass is 16.6. The van der Waals surface area contributed by atoms with Crippen molar-refractivity contribution in [3.05, 3.63) is 124 Å². The third-order valence-electron chi connectivity index (χ3n) is 5.43. The molecular weight excluding hydrogens is 444 g/mol. The van der Waals surface area contributed by atoms with Gasteiger partial charge >= 0.3 is 0 Å². The quantitative estimate of drug-likeness (QED) is 0.238. The monoisotopic (exact) mass is 464 g/mol. The fraction of sp³-hybridized carbons (Fsp3) is 0.0385. The molecule has 0 bridgehead atoms. The van der Waals surface area contributed by atoms with Gasteiger partial charge < -0.3 is 5.32 Å². The highest BCUT2D eigenvalue weighted by molar-refractivity contribution is 6.01. The van der Waals surface area contributed by atoms with Gasteiger partial charge in [0, 0.05) is 23.9 Å². The number of nitro benzene ring substituents is 1. The van der Waals surface area contributed by atoms with Crippen molar-refractivity contribution < 1.29 is 9.72 Å². The number of benzene rings is 3. The number of amides is 1. The highest BCUT2D eigenvalue weighted by Gasteiger charge is 2.25. The molecule has 1 amide bonds. The van der Waals surface area contributed by atoms with Crippen molar-refractivity contribution in [3.63, 3.8) is 0 Å². The summed E-state index contributed by atoms with van der Waals surface area (Å²) in [6, 6.07) is 25.6. The zero-order valence-electron chi connectivity index (χ0n) is 18.4. The number of allylic oxidation sites excluding steroid dienone is 1. The first kappa shape index (κ1) is 21.8. The molecule has 2 N–H and O–H groups in total. The van der Waals surface area contributed by atoms with Crippen LogP contribution < -0.4 is 10.6 Å². The second kappa shape index (κ2) is 9.44. The number of hydrogen-bond acceptors (Lipinski definition) is 6. The minimum absolute atomic E-state index is 0.0456. The van der Waals surface area contributed by atoms with Gasteiger partial charge in [0.2, 0.25) is 5.95 Å². The van der Waals surface area contributed by atoms with Gasteiger partial charge in [0.05, 0.1) is 4.92 Å². The van der Waals surface area contributed by atoms with E-state index in [2.05, 4.69) is 26.8 Å². The number of carbonyl (C=O) groups excluding carboxylic acids is 1. The molecule has 1 aliphatic rings. The summed E-state index contributed by atoms with van der Waals surface area (Å²) < 4.78 is 1.72. The summed E-state index contributed by atoms with van der Waals surface area (Å²) in [6.07, 6.45) is 4.85. The Balaban J connectivity index is 1.39. The number of nitro groups is 1. The van der Waals surface area contributed by atoms with E-state index in [4.69, 9.17) is 0 Å². The summed E-state index contributed by atoms with van der Waals surface area (Å²) in [4.78, 5) is 27.4. The topological polar surface area (TPSA) is 115 Å². The van der Waals surface area contributed by atoms with E-state index >= 15 is 0 Å². The molecule has 35 heavy (non-hydrogen) atoms. The van der Waals surface area contributed by atoms with Crippen LogP contribution in [0.25, 0.3) is 11.8 Å². The van der Waals surface area contributed by atoms with Gasteiger partial charge in [0.15, 0.2) is 0 Å². The molecule has 2 heterocycles. The Morgan fingerprint density at radius 3 is 2.51 bits per heavy atom. The molecule has 0 radical (unpaired) electrons. The number of carbonyl (C=O) groups is 1. The predicted octanol–water partition coefficient (Wildman–Crippen LogP) is 4.89. The molecule has 1 aromatic heterocycles. The molecule has 9 heteroatoms. The third-order valence-corrected chi connectivity index (χ3v) is 5.43. The number of rotatable bonds is 6. The van der Waals surface area contributed by atoms with E-state index in [1.807, 2.05) is 60.7 Å². The van der Waals surface area contributed by atoms with Crippen LogP contribution in [0.1, 0.15) is 22.7 Å². The lowest BCUT2D eigenvalue weighted by Crippen LogP contribution is -2.20. The van der Waals surface area contributed by atoms with Crippen molar-refractivity contribution in [2.24, 2.45) is 0 Å². The Labute approximate surface area is 200 Å². The highest BCUT2D eigenvalue weighted by Crippen LogP contribution is 2.33. The van der Waals surface area contributed by atoms with Gasteiger partial charge in [-0.3, -0.25) is 20.2 Å². The maximum absolute atomic E-state index is 12.5. The average Bonchev–Trinajstić information content (AvgIpc) is 3.30. The van der Waals surface area contributed by atoms with Crippen molar-refractivity contribution in [1.82, 2.24) is 14.8 Å². The lowest BCUT2D eigenvalue weighted by atomic mass is 10.0. The summed E-state index contributed by atoms with van der Waals surface area (Å²) in [7, 11) is 0. The maximum atomic E-state index is 12.5. The molecule has 5 rings (SSSR count). The second-order valence-corrected chi connectivity index (χ2v) is 7.81. The molecular formula is C26H20N6O3. The van der Waals surface area contributed by atoms with Gasteiger partial charge in [-0.2, -0.15) is 4.98 Å². The normalized spacial score (nSPS) is 14.6. The van der Waals surface area contributed by atoms with Gasteiger partial charge in [-0.15, -0.1) is 5.10 Å². The van der Waals surface area contributed by atoms with Crippen LogP contribution in [0, 0.1) is 10.1 Å². The number of nitrogens with one attached hydrogen (secondary N) is 2. The summed E-state index contributed by atoms with van der Waals surface area (Å²) in [5.74, 6) is 0.190. The SMILES string of the molecule is O=C(/C=C/c1cccc([N+](=O)[O-])c1)Nc1nc2n(n1)[C@@H](c1ccccc1)C=C(c1ccccc1)N2. The fourth-order valence-corrected chi connectivity index (χ4v) is 3.79. The van der Waals surface area contributed by atoms with Gasteiger partial charge in [-0.1, -0.05) is 72.8 Å². The average molecular weight is 464 g/mol. The van der Waals surface area contributed by atoms with Crippen LogP contribution in [-0.4, -0.2) is 25.6 Å². The molecule has 0 spiro atoms. The number of aromatic nitrogens is 3. The van der Waals surface area contributed by atoms with Crippen LogP contribution in [0.4, 0.5) is 17.6 Å². The van der Waals surface area contributed by atoms with Crippen LogP contribution in [0.3, 0.4) is 0 Å². The predicted molar refractivity (Wildman–Crippen MR) is 133 cm³/mol.